The molecule has 0 spiro atoms. The van der Waals surface area contributed by atoms with E-state index in [4.69, 9.17) is 0 Å². The number of urea groups is 1. The van der Waals surface area contributed by atoms with Gasteiger partial charge in [-0.1, -0.05) is 17.7 Å². The molecule has 0 saturated carbocycles. The zero-order chi connectivity index (χ0) is 14.0. The van der Waals surface area contributed by atoms with Crippen molar-refractivity contribution in [2.75, 3.05) is 0 Å². The van der Waals surface area contributed by atoms with Crippen molar-refractivity contribution in [3.63, 3.8) is 0 Å². The van der Waals surface area contributed by atoms with Gasteiger partial charge in [-0.15, -0.1) is 0 Å². The lowest BCUT2D eigenvalue weighted by Crippen LogP contribution is -2.29. The number of rotatable bonds is 2. The number of hydrogen-bond donors (Lipinski definition) is 2. The Balaban J connectivity index is 2.52. The minimum absolute atomic E-state index is 0.0784. The van der Waals surface area contributed by atoms with Gasteiger partial charge in [-0.25, -0.2) is 13.2 Å². The van der Waals surface area contributed by atoms with Crippen LogP contribution in [0.15, 0.2) is 52.0 Å². The van der Waals surface area contributed by atoms with Crippen LogP contribution in [-0.2, 0) is 9.84 Å². The fraction of sp³-hybridized carbons (Fsp3) is 0.154. The number of aryl methyl sites for hydroxylation is 1. The van der Waals surface area contributed by atoms with Crippen molar-refractivity contribution < 1.29 is 13.2 Å². The van der Waals surface area contributed by atoms with Crippen LogP contribution in [0, 0.1) is 6.92 Å². The van der Waals surface area contributed by atoms with Crippen molar-refractivity contribution in [1.29, 1.82) is 0 Å². The fourth-order valence-electron chi connectivity index (χ4n) is 1.72. The molecule has 0 bridgehead atoms. The van der Waals surface area contributed by atoms with E-state index in [1.54, 1.807) is 31.2 Å². The molecule has 19 heavy (non-hydrogen) atoms. The van der Waals surface area contributed by atoms with Crippen LogP contribution in [0.3, 0.4) is 0 Å². The standard InChI is InChI=1S/C13H14N2O3S/c1-9-3-5-11(6-4-9)19(17,18)12-7-8-14-13(16)15-10(12)2/h3-8H,1-2H3,(H2,14,15,16). The lowest BCUT2D eigenvalue weighted by Gasteiger charge is -2.09. The van der Waals surface area contributed by atoms with E-state index in [2.05, 4.69) is 10.6 Å². The third-order valence-electron chi connectivity index (χ3n) is 2.74. The molecule has 0 atom stereocenters. The zero-order valence-corrected chi connectivity index (χ0v) is 11.4. The number of nitrogens with one attached hydrogen (secondary N) is 2. The van der Waals surface area contributed by atoms with E-state index in [1.165, 1.54) is 12.3 Å². The SMILES string of the molecule is CC1=C(S(=O)(=O)c2ccc(C)cc2)C=CNC(=O)N1. The summed E-state index contributed by atoms with van der Waals surface area (Å²) >= 11 is 0. The summed E-state index contributed by atoms with van der Waals surface area (Å²) in [5, 5.41) is 4.87. The van der Waals surface area contributed by atoms with Gasteiger partial charge in [0.1, 0.15) is 0 Å². The Kier molecular flexibility index (Phi) is 3.44. The van der Waals surface area contributed by atoms with Crippen molar-refractivity contribution in [3.05, 3.63) is 52.7 Å². The second kappa shape index (κ2) is 4.89. The molecular weight excluding hydrogens is 264 g/mol. The number of carbonyl (C=O) groups is 1. The molecule has 6 heteroatoms. The molecule has 100 valence electrons. The van der Waals surface area contributed by atoms with E-state index in [9.17, 15) is 13.2 Å². The van der Waals surface area contributed by atoms with Crippen LogP contribution in [0.4, 0.5) is 4.79 Å². The van der Waals surface area contributed by atoms with Crippen LogP contribution in [-0.4, -0.2) is 14.4 Å². The minimum Gasteiger partial charge on any atom is -0.314 e. The average Bonchev–Trinajstić information content (AvgIpc) is 2.50. The van der Waals surface area contributed by atoms with E-state index >= 15 is 0 Å². The van der Waals surface area contributed by atoms with Crippen molar-refractivity contribution in [3.8, 4) is 0 Å². The Bertz CT molecular complexity index is 670. The number of benzene rings is 1. The van der Waals surface area contributed by atoms with Crippen LogP contribution in [0.2, 0.25) is 0 Å². The number of amides is 2. The molecule has 0 aliphatic carbocycles. The third kappa shape index (κ3) is 2.68. The Morgan fingerprint density at radius 2 is 1.68 bits per heavy atom. The maximum atomic E-state index is 12.5. The van der Waals surface area contributed by atoms with Gasteiger partial charge in [0.15, 0.2) is 0 Å². The molecular formula is C13H14N2O3S. The molecule has 1 aromatic carbocycles. The minimum atomic E-state index is -3.64. The topological polar surface area (TPSA) is 75.3 Å². The maximum absolute atomic E-state index is 12.5. The highest BCUT2D eigenvalue weighted by molar-refractivity contribution is 7.95. The normalized spacial score (nSPS) is 15.8. The molecule has 5 nitrogen and oxygen atoms in total. The third-order valence-corrected chi connectivity index (χ3v) is 4.65. The Morgan fingerprint density at radius 3 is 2.32 bits per heavy atom. The second-order valence-corrected chi connectivity index (χ2v) is 6.16. The Hall–Kier alpha value is -2.08. The van der Waals surface area contributed by atoms with Crippen molar-refractivity contribution in [2.24, 2.45) is 0 Å². The van der Waals surface area contributed by atoms with E-state index < -0.39 is 15.9 Å². The maximum Gasteiger partial charge on any atom is 0.322 e. The molecule has 1 aliphatic rings. The number of sulfone groups is 1. The lowest BCUT2D eigenvalue weighted by molar-refractivity contribution is 0.246. The van der Waals surface area contributed by atoms with Crippen LogP contribution in [0.25, 0.3) is 0 Å². The van der Waals surface area contributed by atoms with Gasteiger partial charge in [-0.05, 0) is 32.1 Å². The van der Waals surface area contributed by atoms with Crippen LogP contribution >= 0.6 is 0 Å². The van der Waals surface area contributed by atoms with Crippen molar-refractivity contribution in [1.82, 2.24) is 10.6 Å². The Labute approximate surface area is 111 Å². The molecule has 2 rings (SSSR count). The van der Waals surface area contributed by atoms with Gasteiger partial charge in [0.05, 0.1) is 9.80 Å². The quantitative estimate of drug-likeness (QED) is 0.866. The number of carbonyl (C=O) groups excluding carboxylic acids is 1. The molecule has 1 aromatic rings. The summed E-state index contributed by atoms with van der Waals surface area (Å²) in [5.74, 6) is 0. The first-order valence-electron chi connectivity index (χ1n) is 5.68. The summed E-state index contributed by atoms with van der Waals surface area (Å²) in [6.07, 6.45) is 2.69. The fourth-order valence-corrected chi connectivity index (χ4v) is 3.17. The Morgan fingerprint density at radius 1 is 1.05 bits per heavy atom. The molecule has 2 N–H and O–H groups in total. The molecule has 1 aliphatic heterocycles. The van der Waals surface area contributed by atoms with Crippen LogP contribution < -0.4 is 10.6 Å². The molecule has 2 amide bonds. The highest BCUT2D eigenvalue weighted by atomic mass is 32.2. The van der Waals surface area contributed by atoms with Crippen molar-refractivity contribution >= 4 is 15.9 Å². The molecule has 0 radical (unpaired) electrons. The molecule has 0 fully saturated rings. The van der Waals surface area contributed by atoms with Gasteiger partial charge < -0.3 is 10.6 Å². The summed E-state index contributed by atoms with van der Waals surface area (Å²) < 4.78 is 25.0. The van der Waals surface area contributed by atoms with Gasteiger partial charge in [0.2, 0.25) is 9.84 Å². The van der Waals surface area contributed by atoms with E-state index in [0.717, 1.165) is 5.56 Å². The summed E-state index contributed by atoms with van der Waals surface area (Å²) in [6.45, 7) is 3.44. The highest BCUT2D eigenvalue weighted by Crippen LogP contribution is 2.23. The predicted molar refractivity (Wildman–Crippen MR) is 71.9 cm³/mol. The average molecular weight is 278 g/mol. The molecule has 0 unspecified atom stereocenters. The number of allylic oxidation sites excluding steroid dienone is 2. The molecule has 0 saturated heterocycles. The van der Waals surface area contributed by atoms with Crippen molar-refractivity contribution in [2.45, 2.75) is 18.7 Å². The molecule has 0 aromatic heterocycles. The van der Waals surface area contributed by atoms with Gasteiger partial charge in [-0.3, -0.25) is 0 Å². The highest BCUT2D eigenvalue weighted by Gasteiger charge is 2.23. The predicted octanol–water partition coefficient (Wildman–Crippen LogP) is 1.83. The zero-order valence-electron chi connectivity index (χ0n) is 10.6. The summed E-state index contributed by atoms with van der Waals surface area (Å²) in [5.41, 5.74) is 1.28. The summed E-state index contributed by atoms with van der Waals surface area (Å²) in [4.78, 5) is 11.5. The van der Waals surface area contributed by atoms with E-state index in [1.807, 2.05) is 6.92 Å². The smallest absolute Gasteiger partial charge is 0.314 e. The largest absolute Gasteiger partial charge is 0.322 e. The lowest BCUT2D eigenvalue weighted by atomic mass is 10.2. The first kappa shape index (κ1) is 13.4. The van der Waals surface area contributed by atoms with Crippen LogP contribution in [0.1, 0.15) is 12.5 Å². The first-order chi connectivity index (χ1) is 8.91. The van der Waals surface area contributed by atoms with Gasteiger partial charge in [0.25, 0.3) is 0 Å². The first-order valence-corrected chi connectivity index (χ1v) is 7.16. The van der Waals surface area contributed by atoms with Gasteiger partial charge in [-0.2, -0.15) is 0 Å². The van der Waals surface area contributed by atoms with Gasteiger partial charge in [0, 0.05) is 11.9 Å². The van der Waals surface area contributed by atoms with E-state index in [0.29, 0.717) is 5.70 Å². The summed E-state index contributed by atoms with van der Waals surface area (Å²) in [6, 6.07) is 6.13. The number of hydrogen-bond acceptors (Lipinski definition) is 3. The summed E-state index contributed by atoms with van der Waals surface area (Å²) in [7, 11) is -3.64. The molecule has 1 heterocycles. The van der Waals surface area contributed by atoms with Crippen LogP contribution in [0.5, 0.6) is 0 Å². The monoisotopic (exact) mass is 278 g/mol. The van der Waals surface area contributed by atoms with Gasteiger partial charge >= 0.3 is 6.03 Å². The van der Waals surface area contributed by atoms with E-state index in [-0.39, 0.29) is 9.80 Å². The second-order valence-electron chi connectivity index (χ2n) is 4.24.